The summed E-state index contributed by atoms with van der Waals surface area (Å²) < 4.78 is 27.2. The van der Waals surface area contributed by atoms with Crippen LogP contribution >= 0.6 is 0 Å². The Morgan fingerprint density at radius 3 is 2.32 bits per heavy atom. The molecule has 0 aliphatic carbocycles. The Morgan fingerprint density at radius 2 is 1.65 bits per heavy atom. The van der Waals surface area contributed by atoms with Crippen LogP contribution in [0.3, 0.4) is 0 Å². The number of nitrogens with one attached hydrogen (secondary N) is 1. The monoisotopic (exact) mass is 442 g/mol. The van der Waals surface area contributed by atoms with Gasteiger partial charge in [-0.1, -0.05) is 35.9 Å². The van der Waals surface area contributed by atoms with Crippen LogP contribution < -0.4 is 5.32 Å². The Kier molecular flexibility index (Phi) is 6.60. The van der Waals surface area contributed by atoms with Crippen molar-refractivity contribution in [3.8, 4) is 0 Å². The van der Waals surface area contributed by atoms with Crippen molar-refractivity contribution in [1.82, 2.24) is 14.1 Å². The first-order valence-electron chi connectivity index (χ1n) is 10.8. The van der Waals surface area contributed by atoms with E-state index < -0.39 is 10.0 Å². The molecular formula is C23H30N4O3S. The first-order valence-corrected chi connectivity index (χ1v) is 12.2. The van der Waals surface area contributed by atoms with Crippen LogP contribution in [0.2, 0.25) is 0 Å². The van der Waals surface area contributed by atoms with Gasteiger partial charge in [0.2, 0.25) is 15.9 Å². The zero-order valence-corrected chi connectivity index (χ0v) is 18.7. The van der Waals surface area contributed by atoms with Crippen LogP contribution in [0, 0.1) is 6.92 Å². The fraction of sp³-hybridized carbons (Fsp3) is 0.435. The molecule has 2 heterocycles. The maximum absolute atomic E-state index is 12.8. The van der Waals surface area contributed by atoms with Crippen molar-refractivity contribution in [2.45, 2.75) is 24.3 Å². The van der Waals surface area contributed by atoms with E-state index in [2.05, 4.69) is 10.2 Å². The highest BCUT2D eigenvalue weighted by Crippen LogP contribution is 2.19. The quantitative estimate of drug-likeness (QED) is 0.741. The van der Waals surface area contributed by atoms with E-state index in [0.717, 1.165) is 24.2 Å². The van der Waals surface area contributed by atoms with Gasteiger partial charge in [-0.05, 0) is 37.6 Å². The molecule has 1 amide bonds. The van der Waals surface area contributed by atoms with Crippen LogP contribution in [0.5, 0.6) is 0 Å². The second kappa shape index (κ2) is 9.38. The normalized spacial score (nSPS) is 20.7. The lowest BCUT2D eigenvalue weighted by Crippen LogP contribution is -2.51. The van der Waals surface area contributed by atoms with Crippen molar-refractivity contribution in [1.29, 1.82) is 0 Å². The summed E-state index contributed by atoms with van der Waals surface area (Å²) in [6, 6.07) is 17.3. The summed E-state index contributed by atoms with van der Waals surface area (Å²) in [5.74, 6) is 0.118. The Morgan fingerprint density at radius 1 is 0.968 bits per heavy atom. The van der Waals surface area contributed by atoms with E-state index in [1.807, 2.05) is 54.3 Å². The molecular weight excluding hydrogens is 412 g/mol. The molecule has 1 N–H and O–H groups in total. The van der Waals surface area contributed by atoms with Crippen molar-refractivity contribution < 1.29 is 13.2 Å². The Hall–Kier alpha value is -2.42. The molecule has 1 atom stereocenters. The summed E-state index contributed by atoms with van der Waals surface area (Å²) in [6.07, 6.45) is 0.934. The van der Waals surface area contributed by atoms with E-state index in [9.17, 15) is 13.2 Å². The third-order valence-corrected chi connectivity index (χ3v) is 7.95. The molecule has 2 fully saturated rings. The first kappa shape index (κ1) is 21.8. The molecule has 1 unspecified atom stereocenters. The summed E-state index contributed by atoms with van der Waals surface area (Å²) >= 11 is 0. The summed E-state index contributed by atoms with van der Waals surface area (Å²) in [5.41, 5.74) is 2.11. The van der Waals surface area contributed by atoms with Crippen molar-refractivity contribution in [2.24, 2.45) is 0 Å². The first-order chi connectivity index (χ1) is 14.9. The number of sulfonamides is 1. The standard InChI is InChI=1S/C23H30N4O3S/c1-19-7-9-22(10-8-19)31(29,30)27-15-13-25(14-16-27)18-23(28)26-12-11-21(17-26)24-20-5-3-2-4-6-20/h2-10,21,24H,11-18H2,1H3. The Bertz CT molecular complexity index is 987. The number of nitrogens with zero attached hydrogens (tertiary/aromatic N) is 3. The lowest BCUT2D eigenvalue weighted by Gasteiger charge is -2.34. The molecule has 31 heavy (non-hydrogen) atoms. The minimum absolute atomic E-state index is 0.118. The molecule has 0 radical (unpaired) electrons. The van der Waals surface area contributed by atoms with E-state index in [-0.39, 0.29) is 11.9 Å². The molecule has 0 spiro atoms. The van der Waals surface area contributed by atoms with Gasteiger partial charge in [0.25, 0.3) is 0 Å². The summed E-state index contributed by atoms with van der Waals surface area (Å²) in [5, 5.41) is 3.49. The number of rotatable bonds is 6. The molecule has 2 saturated heterocycles. The van der Waals surface area contributed by atoms with Crippen LogP contribution in [-0.4, -0.2) is 80.3 Å². The SMILES string of the molecule is Cc1ccc(S(=O)(=O)N2CCN(CC(=O)N3CCC(Nc4ccccc4)C3)CC2)cc1. The van der Waals surface area contributed by atoms with Gasteiger partial charge in [-0.15, -0.1) is 0 Å². The fourth-order valence-electron chi connectivity index (χ4n) is 4.15. The zero-order valence-electron chi connectivity index (χ0n) is 17.9. The Labute approximate surface area is 184 Å². The number of carbonyl (C=O) groups excluding carboxylic acids is 1. The van der Waals surface area contributed by atoms with Gasteiger partial charge in [-0.2, -0.15) is 4.31 Å². The summed E-state index contributed by atoms with van der Waals surface area (Å²) in [4.78, 5) is 17.1. The largest absolute Gasteiger partial charge is 0.380 e. The van der Waals surface area contributed by atoms with Crippen molar-refractivity contribution >= 4 is 21.6 Å². The maximum Gasteiger partial charge on any atom is 0.243 e. The number of piperazine rings is 1. The highest BCUT2D eigenvalue weighted by atomic mass is 32.2. The fourth-order valence-corrected chi connectivity index (χ4v) is 5.58. The lowest BCUT2D eigenvalue weighted by molar-refractivity contribution is -0.131. The molecule has 2 aromatic rings. The number of para-hydroxylation sites is 1. The number of aryl methyl sites for hydroxylation is 1. The topological polar surface area (TPSA) is 73.0 Å². The zero-order chi connectivity index (χ0) is 21.8. The average molecular weight is 443 g/mol. The van der Waals surface area contributed by atoms with E-state index in [4.69, 9.17) is 0 Å². The number of benzene rings is 2. The van der Waals surface area contributed by atoms with Gasteiger partial charge in [0.05, 0.1) is 11.4 Å². The van der Waals surface area contributed by atoms with E-state index in [1.54, 1.807) is 12.1 Å². The third-order valence-electron chi connectivity index (χ3n) is 6.03. The van der Waals surface area contributed by atoms with Gasteiger partial charge in [0.15, 0.2) is 0 Å². The van der Waals surface area contributed by atoms with Gasteiger partial charge < -0.3 is 10.2 Å². The van der Waals surface area contributed by atoms with Crippen molar-refractivity contribution in [3.05, 3.63) is 60.2 Å². The van der Waals surface area contributed by atoms with E-state index in [1.165, 1.54) is 4.31 Å². The van der Waals surface area contributed by atoms with Crippen LogP contribution in [0.15, 0.2) is 59.5 Å². The lowest BCUT2D eigenvalue weighted by atomic mass is 10.2. The number of likely N-dealkylation sites (tertiary alicyclic amines) is 1. The molecule has 2 aliphatic rings. The van der Waals surface area contributed by atoms with Crippen molar-refractivity contribution in [2.75, 3.05) is 51.1 Å². The summed E-state index contributed by atoms with van der Waals surface area (Å²) in [6.45, 7) is 5.68. The summed E-state index contributed by atoms with van der Waals surface area (Å²) in [7, 11) is -3.48. The number of amides is 1. The van der Waals surface area contributed by atoms with Crippen molar-refractivity contribution in [3.63, 3.8) is 0 Å². The number of carbonyl (C=O) groups is 1. The van der Waals surface area contributed by atoms with Crippen LogP contribution in [0.4, 0.5) is 5.69 Å². The predicted octanol–water partition coefficient (Wildman–Crippen LogP) is 2.01. The second-order valence-electron chi connectivity index (χ2n) is 8.33. The molecule has 8 heteroatoms. The van der Waals surface area contributed by atoms with Gasteiger partial charge in [0, 0.05) is 51.0 Å². The number of anilines is 1. The maximum atomic E-state index is 12.8. The molecule has 4 rings (SSSR count). The predicted molar refractivity (Wildman–Crippen MR) is 121 cm³/mol. The second-order valence-corrected chi connectivity index (χ2v) is 10.3. The molecule has 7 nitrogen and oxygen atoms in total. The van der Waals surface area contributed by atoms with Gasteiger partial charge in [0.1, 0.15) is 0 Å². The molecule has 2 aliphatic heterocycles. The molecule has 2 aromatic carbocycles. The van der Waals surface area contributed by atoms with E-state index in [0.29, 0.717) is 44.2 Å². The number of hydrogen-bond acceptors (Lipinski definition) is 5. The minimum atomic E-state index is -3.48. The molecule has 0 bridgehead atoms. The highest BCUT2D eigenvalue weighted by molar-refractivity contribution is 7.89. The molecule has 0 saturated carbocycles. The van der Waals surface area contributed by atoms with E-state index >= 15 is 0 Å². The minimum Gasteiger partial charge on any atom is -0.380 e. The molecule has 166 valence electrons. The van der Waals surface area contributed by atoms with Crippen LogP contribution in [0.25, 0.3) is 0 Å². The van der Waals surface area contributed by atoms with Crippen LogP contribution in [-0.2, 0) is 14.8 Å². The van der Waals surface area contributed by atoms with Gasteiger partial charge in [-0.25, -0.2) is 8.42 Å². The third kappa shape index (κ3) is 5.26. The Balaban J connectivity index is 1.25. The van der Waals surface area contributed by atoms with Gasteiger partial charge >= 0.3 is 0 Å². The number of hydrogen-bond donors (Lipinski definition) is 1. The molecule has 0 aromatic heterocycles. The average Bonchev–Trinajstić information content (AvgIpc) is 3.24. The van der Waals surface area contributed by atoms with Gasteiger partial charge in [-0.3, -0.25) is 9.69 Å². The van der Waals surface area contributed by atoms with Crippen LogP contribution in [0.1, 0.15) is 12.0 Å². The smallest absolute Gasteiger partial charge is 0.243 e. The highest BCUT2D eigenvalue weighted by Gasteiger charge is 2.31.